The van der Waals surface area contributed by atoms with E-state index in [-0.39, 0.29) is 5.56 Å². The number of nitrogens with zero attached hydrogens (tertiary/aromatic N) is 1. The molecule has 5 heteroatoms. The van der Waals surface area contributed by atoms with Crippen LogP contribution in [0.4, 0.5) is 4.39 Å². The zero-order valence-electron chi connectivity index (χ0n) is 7.48. The fourth-order valence-electron chi connectivity index (χ4n) is 1.30. The van der Waals surface area contributed by atoms with Crippen molar-refractivity contribution >= 4 is 17.3 Å². The predicted molar refractivity (Wildman–Crippen MR) is 54.5 cm³/mol. The molecule has 1 aromatic heterocycles. The first-order valence-electron chi connectivity index (χ1n) is 4.11. The van der Waals surface area contributed by atoms with Gasteiger partial charge in [-0.2, -0.15) is 0 Å². The van der Waals surface area contributed by atoms with Crippen molar-refractivity contribution in [3.05, 3.63) is 41.3 Å². The Labute approximate surface area is 88.8 Å². The lowest BCUT2D eigenvalue weighted by atomic mass is 10.1. The van der Waals surface area contributed by atoms with Crippen molar-refractivity contribution in [2.24, 2.45) is 0 Å². The van der Waals surface area contributed by atoms with Crippen molar-refractivity contribution < 1.29 is 14.3 Å². The number of aromatic carboxylic acids is 1. The van der Waals surface area contributed by atoms with Gasteiger partial charge in [0, 0.05) is 11.8 Å². The largest absolute Gasteiger partial charge is 0.478 e. The van der Waals surface area contributed by atoms with Gasteiger partial charge < -0.3 is 5.11 Å². The maximum Gasteiger partial charge on any atom is 0.339 e. The van der Waals surface area contributed by atoms with Crippen molar-refractivity contribution in [1.29, 1.82) is 0 Å². The van der Waals surface area contributed by atoms with Crippen molar-refractivity contribution in [2.75, 3.05) is 0 Å². The lowest BCUT2D eigenvalue weighted by Gasteiger charge is -2.03. The van der Waals surface area contributed by atoms with E-state index in [1.54, 1.807) is 11.6 Å². The molecule has 0 fully saturated rings. The van der Waals surface area contributed by atoms with E-state index < -0.39 is 11.8 Å². The summed E-state index contributed by atoms with van der Waals surface area (Å²) >= 11 is 1.28. The first kappa shape index (κ1) is 9.79. The van der Waals surface area contributed by atoms with Crippen molar-refractivity contribution in [3.8, 4) is 10.4 Å². The summed E-state index contributed by atoms with van der Waals surface area (Å²) in [5, 5.41) is 8.89. The molecule has 0 unspecified atom stereocenters. The number of carboxylic acids is 1. The summed E-state index contributed by atoms with van der Waals surface area (Å²) in [6, 6.07) is 4.19. The summed E-state index contributed by atoms with van der Waals surface area (Å²) in [4.78, 5) is 15.4. The van der Waals surface area contributed by atoms with Gasteiger partial charge >= 0.3 is 5.97 Å². The van der Waals surface area contributed by atoms with Crippen molar-refractivity contribution in [1.82, 2.24) is 4.98 Å². The van der Waals surface area contributed by atoms with Crippen LogP contribution in [0.3, 0.4) is 0 Å². The molecule has 0 aliphatic carbocycles. The van der Waals surface area contributed by atoms with Gasteiger partial charge in [0.25, 0.3) is 0 Å². The summed E-state index contributed by atoms with van der Waals surface area (Å²) in [6.45, 7) is 0. The number of benzene rings is 1. The van der Waals surface area contributed by atoms with E-state index in [1.165, 1.54) is 23.6 Å². The van der Waals surface area contributed by atoms with Gasteiger partial charge in [-0.05, 0) is 6.07 Å². The molecule has 1 heterocycles. The molecule has 0 spiro atoms. The van der Waals surface area contributed by atoms with Crippen LogP contribution in [0.15, 0.2) is 29.9 Å². The smallest absolute Gasteiger partial charge is 0.339 e. The van der Waals surface area contributed by atoms with Crippen LogP contribution >= 0.6 is 11.3 Å². The zero-order chi connectivity index (χ0) is 10.8. The molecule has 2 rings (SSSR count). The zero-order valence-corrected chi connectivity index (χ0v) is 8.29. The maximum atomic E-state index is 13.3. The second-order valence-corrected chi connectivity index (χ2v) is 3.72. The summed E-state index contributed by atoms with van der Waals surface area (Å²) < 4.78 is 13.3. The predicted octanol–water partition coefficient (Wildman–Crippen LogP) is 2.65. The van der Waals surface area contributed by atoms with Crippen LogP contribution in [-0.4, -0.2) is 16.1 Å². The van der Waals surface area contributed by atoms with Crippen molar-refractivity contribution in [3.63, 3.8) is 0 Å². The number of carboxylic acid groups (broad SMARTS) is 1. The number of halogens is 1. The van der Waals surface area contributed by atoms with E-state index >= 15 is 0 Å². The molecule has 3 nitrogen and oxygen atoms in total. The molecule has 0 atom stereocenters. The van der Waals surface area contributed by atoms with Gasteiger partial charge in [0.15, 0.2) is 0 Å². The number of aromatic nitrogens is 1. The van der Waals surface area contributed by atoms with Gasteiger partial charge in [0.05, 0.1) is 10.4 Å². The lowest BCUT2D eigenvalue weighted by Crippen LogP contribution is -2.02. The fourth-order valence-corrected chi connectivity index (χ4v) is 1.95. The van der Waals surface area contributed by atoms with Crippen molar-refractivity contribution in [2.45, 2.75) is 0 Å². The van der Waals surface area contributed by atoms with Gasteiger partial charge in [0.1, 0.15) is 11.4 Å². The average Bonchev–Trinajstić information content (AvgIpc) is 2.69. The Morgan fingerprint density at radius 3 is 2.87 bits per heavy atom. The quantitative estimate of drug-likeness (QED) is 0.851. The Hall–Kier alpha value is -1.75. The Kier molecular flexibility index (Phi) is 2.47. The molecule has 2 aromatic rings. The molecule has 1 N–H and O–H groups in total. The van der Waals surface area contributed by atoms with E-state index in [0.29, 0.717) is 10.4 Å². The molecular formula is C10H6FNO2S. The van der Waals surface area contributed by atoms with Gasteiger partial charge in [-0.3, -0.25) is 4.98 Å². The third-order valence-corrected chi connectivity index (χ3v) is 2.73. The maximum absolute atomic E-state index is 13.3. The normalized spacial score (nSPS) is 10.2. The minimum absolute atomic E-state index is 0.304. The first-order chi connectivity index (χ1) is 7.20. The van der Waals surface area contributed by atoms with Gasteiger partial charge in [0.2, 0.25) is 0 Å². The molecule has 1 aromatic carbocycles. The number of rotatable bonds is 2. The van der Waals surface area contributed by atoms with E-state index in [0.717, 1.165) is 6.07 Å². The Morgan fingerprint density at radius 1 is 1.47 bits per heavy atom. The van der Waals surface area contributed by atoms with Crippen LogP contribution in [0.1, 0.15) is 10.4 Å². The van der Waals surface area contributed by atoms with Crippen LogP contribution < -0.4 is 0 Å². The van der Waals surface area contributed by atoms with E-state index in [9.17, 15) is 9.18 Å². The molecule has 0 aliphatic heterocycles. The highest BCUT2D eigenvalue weighted by Crippen LogP contribution is 2.28. The number of hydrogen-bond donors (Lipinski definition) is 1. The van der Waals surface area contributed by atoms with Crippen LogP contribution in [-0.2, 0) is 0 Å². The van der Waals surface area contributed by atoms with Gasteiger partial charge in [-0.25, -0.2) is 9.18 Å². The molecule has 15 heavy (non-hydrogen) atoms. The van der Waals surface area contributed by atoms with E-state index in [4.69, 9.17) is 5.11 Å². The van der Waals surface area contributed by atoms with Gasteiger partial charge in [-0.15, -0.1) is 11.3 Å². The minimum Gasteiger partial charge on any atom is -0.478 e. The second-order valence-electron chi connectivity index (χ2n) is 2.83. The lowest BCUT2D eigenvalue weighted by molar-refractivity contribution is 0.0693. The average molecular weight is 223 g/mol. The van der Waals surface area contributed by atoms with Gasteiger partial charge in [-0.1, -0.05) is 12.1 Å². The Morgan fingerprint density at radius 2 is 2.27 bits per heavy atom. The first-order valence-corrected chi connectivity index (χ1v) is 4.99. The fraction of sp³-hybridized carbons (Fsp3) is 0. The monoisotopic (exact) mass is 223 g/mol. The highest BCUT2D eigenvalue weighted by molar-refractivity contribution is 7.13. The molecule has 0 amide bonds. The van der Waals surface area contributed by atoms with Crippen LogP contribution in [0.5, 0.6) is 0 Å². The Balaban J connectivity index is 2.66. The molecule has 0 saturated heterocycles. The van der Waals surface area contributed by atoms with Crippen LogP contribution in [0.25, 0.3) is 10.4 Å². The van der Waals surface area contributed by atoms with Crippen LogP contribution in [0.2, 0.25) is 0 Å². The number of hydrogen-bond acceptors (Lipinski definition) is 3. The minimum atomic E-state index is -1.27. The molecule has 0 radical (unpaired) electrons. The third-order valence-electron chi connectivity index (χ3n) is 1.93. The summed E-state index contributed by atoms with van der Waals surface area (Å²) in [5.41, 5.74) is 1.64. The number of carbonyl (C=O) groups is 1. The van der Waals surface area contributed by atoms with E-state index in [1.807, 2.05) is 0 Å². The molecular weight excluding hydrogens is 217 g/mol. The second kappa shape index (κ2) is 3.78. The number of thiazole rings is 1. The Bertz CT molecular complexity index is 496. The summed E-state index contributed by atoms with van der Waals surface area (Å²) in [6.07, 6.45) is 1.52. The topological polar surface area (TPSA) is 50.2 Å². The molecule has 0 aliphatic rings. The standard InChI is InChI=1S/C10H6FNO2S/c11-7-3-1-2-6(9(7)10(13)14)8-4-12-5-15-8/h1-5H,(H,13,14). The summed E-state index contributed by atoms with van der Waals surface area (Å²) in [7, 11) is 0. The van der Waals surface area contributed by atoms with Crippen LogP contribution in [0, 0.1) is 5.82 Å². The van der Waals surface area contributed by atoms with E-state index in [2.05, 4.69) is 4.98 Å². The highest BCUT2D eigenvalue weighted by atomic mass is 32.1. The SMILES string of the molecule is O=C(O)c1c(F)cccc1-c1cncs1. The summed E-state index contributed by atoms with van der Waals surface area (Å²) in [5.74, 6) is -2.00. The third kappa shape index (κ3) is 1.73. The molecule has 0 bridgehead atoms. The molecule has 76 valence electrons. The highest BCUT2D eigenvalue weighted by Gasteiger charge is 2.17. The molecule has 0 saturated carbocycles.